The first-order valence-corrected chi connectivity index (χ1v) is 18.9. The lowest BCUT2D eigenvalue weighted by atomic mass is 9.78. The molecule has 2 saturated carbocycles. The van der Waals surface area contributed by atoms with E-state index in [0.29, 0.717) is 24.4 Å². The zero-order valence-electron chi connectivity index (χ0n) is 32.4. The molecular formula is C39H58N6O8. The van der Waals surface area contributed by atoms with E-state index in [1.54, 1.807) is 49.3 Å². The number of ketones is 1. The molecule has 1 heterocycles. The first kappa shape index (κ1) is 41.3. The Morgan fingerprint density at radius 2 is 1.60 bits per heavy atom. The standard InChI is InChI=1S/C39H58N6O8/c1-9-13-27(32(47)35(49)40-19-28(46)42-30(36(50)44(7)8)23-14-11-10-12-15-23)41-34(48)31-29-25-17-16-24(18-25)26(29)20-45(31)37(51)33(39(4,5)6)43-38(52)53-21-22(2)3/h10-12,14-15,22,24-27,29-31,33H,9,13,16-21H2,1-8H3,(H,40,49)(H,41,48)(H,42,46)(H,43,52)/t24-,25+,26+,27-,29-,30?,31-,33+/m0/s1. The van der Waals surface area contributed by atoms with E-state index < -0.39 is 71.6 Å². The van der Waals surface area contributed by atoms with E-state index in [1.807, 2.05) is 41.5 Å². The Bertz CT molecular complexity index is 1530. The third-order valence-corrected chi connectivity index (χ3v) is 10.7. The maximum Gasteiger partial charge on any atom is 0.407 e. The highest BCUT2D eigenvalue weighted by Gasteiger charge is 2.60. The second-order valence-electron chi connectivity index (χ2n) is 16.5. The molecule has 3 fully saturated rings. The Morgan fingerprint density at radius 3 is 2.21 bits per heavy atom. The molecule has 8 atom stereocenters. The van der Waals surface area contributed by atoms with Gasteiger partial charge in [-0.15, -0.1) is 0 Å². The molecule has 1 unspecified atom stereocenters. The van der Waals surface area contributed by atoms with Crippen LogP contribution in [-0.2, 0) is 33.5 Å². The van der Waals surface area contributed by atoms with Crippen LogP contribution in [0, 0.1) is 35.0 Å². The molecule has 1 aromatic rings. The van der Waals surface area contributed by atoms with Gasteiger partial charge in [-0.25, -0.2) is 4.79 Å². The molecule has 0 radical (unpaired) electrons. The van der Waals surface area contributed by atoms with Gasteiger partial charge in [0.05, 0.1) is 19.2 Å². The van der Waals surface area contributed by atoms with Crippen LogP contribution in [0.15, 0.2) is 30.3 Å². The van der Waals surface area contributed by atoms with Gasteiger partial charge in [-0.2, -0.15) is 0 Å². The zero-order valence-corrected chi connectivity index (χ0v) is 32.4. The summed E-state index contributed by atoms with van der Waals surface area (Å²) in [5.41, 5.74) is -0.155. The number of ether oxygens (including phenoxy) is 1. The van der Waals surface area contributed by atoms with Gasteiger partial charge in [-0.3, -0.25) is 28.8 Å². The molecule has 2 bridgehead atoms. The highest BCUT2D eigenvalue weighted by Crippen LogP contribution is 2.57. The number of Topliss-reactive ketones (excluding diaryl/α,β-unsaturated/α-hetero) is 1. The molecule has 0 aromatic heterocycles. The average molecular weight is 739 g/mol. The minimum atomic E-state index is -1.19. The summed E-state index contributed by atoms with van der Waals surface area (Å²) in [4.78, 5) is 96.8. The van der Waals surface area contributed by atoms with Crippen LogP contribution in [0.3, 0.4) is 0 Å². The Hall–Kier alpha value is -4.49. The van der Waals surface area contributed by atoms with Crippen LogP contribution in [-0.4, -0.2) is 103 Å². The van der Waals surface area contributed by atoms with E-state index in [4.69, 9.17) is 4.74 Å². The molecule has 0 spiro atoms. The lowest BCUT2D eigenvalue weighted by molar-refractivity contribution is -0.145. The number of likely N-dealkylation sites (N-methyl/N-ethyl adjacent to an activating group) is 1. The van der Waals surface area contributed by atoms with Gasteiger partial charge < -0.3 is 35.8 Å². The number of nitrogens with zero attached hydrogens (tertiary/aromatic N) is 2. The fourth-order valence-corrected chi connectivity index (χ4v) is 8.15. The summed E-state index contributed by atoms with van der Waals surface area (Å²) in [6.07, 6.45) is 2.88. The van der Waals surface area contributed by atoms with E-state index in [0.717, 1.165) is 19.3 Å². The van der Waals surface area contributed by atoms with Crippen molar-refractivity contribution in [1.29, 1.82) is 0 Å². The lowest BCUT2D eigenvalue weighted by Crippen LogP contribution is -2.60. The number of fused-ring (bicyclic) bond motifs is 5. The minimum Gasteiger partial charge on any atom is -0.449 e. The van der Waals surface area contributed by atoms with E-state index in [2.05, 4.69) is 21.3 Å². The molecule has 1 saturated heterocycles. The van der Waals surface area contributed by atoms with Crippen molar-refractivity contribution in [2.24, 2.45) is 35.0 Å². The van der Waals surface area contributed by atoms with Crippen molar-refractivity contribution in [3.05, 3.63) is 35.9 Å². The van der Waals surface area contributed by atoms with Crippen LogP contribution in [0.25, 0.3) is 0 Å². The van der Waals surface area contributed by atoms with E-state index in [9.17, 15) is 33.6 Å². The number of alkyl carbamates (subject to hydrolysis) is 1. The Labute approximate surface area is 312 Å². The fourth-order valence-electron chi connectivity index (χ4n) is 8.15. The predicted molar refractivity (Wildman–Crippen MR) is 197 cm³/mol. The quantitative estimate of drug-likeness (QED) is 0.198. The van der Waals surface area contributed by atoms with Crippen molar-refractivity contribution in [3.8, 4) is 0 Å². The van der Waals surface area contributed by atoms with Crippen molar-refractivity contribution >= 4 is 41.4 Å². The summed E-state index contributed by atoms with van der Waals surface area (Å²) in [5, 5.41) is 10.5. The molecule has 14 heteroatoms. The number of benzene rings is 1. The Morgan fingerprint density at radius 1 is 0.943 bits per heavy atom. The molecule has 3 aliphatic rings. The SMILES string of the molecule is CCC[C@H](NC(=O)[C@@H]1[C@H]2[C@@H]3CC[C@@H](C3)[C@H]2CN1C(=O)[C@@H](NC(=O)OCC(C)C)C(C)(C)C)C(=O)C(=O)NCC(=O)NC(C(=O)N(C)C)c1ccccc1. The number of hydrogen-bond donors (Lipinski definition) is 4. The monoisotopic (exact) mass is 738 g/mol. The second-order valence-corrected chi connectivity index (χ2v) is 16.5. The maximum atomic E-state index is 14.4. The third kappa shape index (κ3) is 9.94. The third-order valence-electron chi connectivity index (χ3n) is 10.7. The van der Waals surface area contributed by atoms with Crippen molar-refractivity contribution in [1.82, 2.24) is 31.1 Å². The van der Waals surface area contributed by atoms with Gasteiger partial charge in [0.25, 0.3) is 5.91 Å². The smallest absolute Gasteiger partial charge is 0.407 e. The highest BCUT2D eigenvalue weighted by atomic mass is 16.5. The first-order valence-electron chi connectivity index (χ1n) is 18.9. The molecular weight excluding hydrogens is 680 g/mol. The van der Waals surface area contributed by atoms with Crippen molar-refractivity contribution in [2.45, 2.75) is 97.8 Å². The van der Waals surface area contributed by atoms with E-state index in [-0.39, 0.29) is 42.6 Å². The van der Waals surface area contributed by atoms with E-state index >= 15 is 0 Å². The molecule has 1 aliphatic heterocycles. The highest BCUT2D eigenvalue weighted by molar-refractivity contribution is 6.38. The minimum absolute atomic E-state index is 0.106. The van der Waals surface area contributed by atoms with Gasteiger partial charge in [-0.05, 0) is 66.3 Å². The first-order chi connectivity index (χ1) is 24.9. The normalized spacial score (nSPS) is 23.3. The summed E-state index contributed by atoms with van der Waals surface area (Å²) in [6.45, 7) is 11.1. The molecule has 1 aromatic carbocycles. The fraction of sp³-hybridized carbons (Fsp3) is 0.667. The predicted octanol–water partition coefficient (Wildman–Crippen LogP) is 2.57. The van der Waals surface area contributed by atoms with Gasteiger partial charge in [-0.1, -0.05) is 78.3 Å². The van der Waals surface area contributed by atoms with Gasteiger partial charge in [0.1, 0.15) is 18.1 Å². The second kappa shape index (κ2) is 17.6. The Kier molecular flexibility index (Phi) is 13.7. The summed E-state index contributed by atoms with van der Waals surface area (Å²) in [6, 6.07) is 4.61. The largest absolute Gasteiger partial charge is 0.449 e. The average Bonchev–Trinajstić information content (AvgIpc) is 3.83. The molecule has 2 aliphatic carbocycles. The summed E-state index contributed by atoms with van der Waals surface area (Å²) >= 11 is 0. The maximum absolute atomic E-state index is 14.4. The van der Waals surface area contributed by atoms with Crippen LogP contribution in [0.2, 0.25) is 0 Å². The molecule has 53 heavy (non-hydrogen) atoms. The molecule has 292 valence electrons. The Balaban J connectivity index is 1.47. The molecule has 6 amide bonds. The number of amides is 6. The number of likely N-dealkylation sites (tertiary alicyclic amines) is 1. The van der Waals surface area contributed by atoms with Gasteiger partial charge in [0.2, 0.25) is 29.4 Å². The summed E-state index contributed by atoms with van der Waals surface area (Å²) < 4.78 is 5.34. The van der Waals surface area contributed by atoms with Crippen LogP contribution in [0.4, 0.5) is 4.79 Å². The van der Waals surface area contributed by atoms with Gasteiger partial charge in [0, 0.05) is 20.6 Å². The van der Waals surface area contributed by atoms with Gasteiger partial charge in [0.15, 0.2) is 0 Å². The number of carbonyl (C=O) groups is 7. The number of hydrogen-bond acceptors (Lipinski definition) is 8. The van der Waals surface area contributed by atoms with Crippen molar-refractivity contribution in [2.75, 3.05) is 33.8 Å². The van der Waals surface area contributed by atoms with Crippen LogP contribution < -0.4 is 21.3 Å². The molecule has 14 nitrogen and oxygen atoms in total. The summed E-state index contributed by atoms with van der Waals surface area (Å²) in [5.74, 6) is -3.18. The van der Waals surface area contributed by atoms with Crippen LogP contribution in [0.1, 0.15) is 85.3 Å². The van der Waals surface area contributed by atoms with Crippen LogP contribution in [0.5, 0.6) is 0 Å². The van der Waals surface area contributed by atoms with Crippen molar-refractivity contribution < 1.29 is 38.3 Å². The number of carbonyl (C=O) groups excluding carboxylic acids is 7. The zero-order chi connectivity index (χ0) is 39.2. The van der Waals surface area contributed by atoms with Crippen LogP contribution >= 0.6 is 0 Å². The van der Waals surface area contributed by atoms with Gasteiger partial charge >= 0.3 is 6.09 Å². The number of rotatable bonds is 15. The summed E-state index contributed by atoms with van der Waals surface area (Å²) in [7, 11) is 3.13. The van der Waals surface area contributed by atoms with E-state index in [1.165, 1.54) is 4.90 Å². The topological polar surface area (TPSA) is 183 Å². The molecule has 4 N–H and O–H groups in total. The van der Waals surface area contributed by atoms with Crippen molar-refractivity contribution in [3.63, 3.8) is 0 Å². The molecule has 4 rings (SSSR count). The lowest BCUT2D eigenvalue weighted by Gasteiger charge is -2.37. The number of nitrogens with one attached hydrogen (secondary N) is 4.